The van der Waals surface area contributed by atoms with E-state index in [-0.39, 0.29) is 24.0 Å². The number of hydrogen-bond acceptors (Lipinski definition) is 6. The molecule has 1 aliphatic rings. The molecule has 1 fully saturated rings. The van der Waals surface area contributed by atoms with Gasteiger partial charge in [-0.1, -0.05) is 60.7 Å². The van der Waals surface area contributed by atoms with Crippen molar-refractivity contribution in [3.8, 4) is 6.07 Å². The van der Waals surface area contributed by atoms with Gasteiger partial charge in [0.2, 0.25) is 0 Å². The minimum absolute atomic E-state index is 0.167. The molecular weight excluding hydrogens is 380 g/mol. The number of nitrogens with two attached hydrogens (primary N) is 1. The van der Waals surface area contributed by atoms with Gasteiger partial charge in [0, 0.05) is 6.42 Å². The van der Waals surface area contributed by atoms with Crippen molar-refractivity contribution >= 4 is 5.69 Å². The molecule has 1 saturated heterocycles. The lowest BCUT2D eigenvalue weighted by Crippen LogP contribution is -2.29. The number of nitrogens with one attached hydrogen (secondary N) is 1. The fraction of sp³-hybridized carbons (Fsp3) is 0.304. The van der Waals surface area contributed by atoms with Gasteiger partial charge in [-0.2, -0.15) is 10.4 Å². The van der Waals surface area contributed by atoms with Crippen molar-refractivity contribution in [3.05, 3.63) is 83.2 Å². The third-order valence-corrected chi connectivity index (χ3v) is 5.16. The summed E-state index contributed by atoms with van der Waals surface area (Å²) in [5.74, 6) is 0. The Morgan fingerprint density at radius 3 is 2.37 bits per heavy atom. The van der Waals surface area contributed by atoms with Gasteiger partial charge in [0.1, 0.15) is 18.3 Å². The minimum atomic E-state index is -0.328. The van der Waals surface area contributed by atoms with Crippen LogP contribution >= 0.6 is 0 Å². The Hall–Kier alpha value is -3.18. The summed E-state index contributed by atoms with van der Waals surface area (Å²) < 4.78 is 18.3. The lowest BCUT2D eigenvalue weighted by Gasteiger charge is -2.19. The monoisotopic (exact) mass is 404 g/mol. The molecule has 154 valence electrons. The number of rotatable bonds is 8. The largest absolute Gasteiger partial charge is 0.395 e. The highest BCUT2D eigenvalue weighted by Gasteiger charge is 2.39. The first kappa shape index (κ1) is 20.1. The van der Waals surface area contributed by atoms with Gasteiger partial charge in [0.15, 0.2) is 5.69 Å². The van der Waals surface area contributed by atoms with E-state index in [9.17, 15) is 0 Å². The van der Waals surface area contributed by atoms with Crippen LogP contribution in [0, 0.1) is 11.3 Å². The average Bonchev–Trinajstić information content (AvgIpc) is 3.36. The van der Waals surface area contributed by atoms with Crippen LogP contribution in [0.25, 0.3) is 0 Å². The molecule has 7 nitrogen and oxygen atoms in total. The highest BCUT2D eigenvalue weighted by atomic mass is 16.6. The van der Waals surface area contributed by atoms with Crippen LogP contribution in [0.15, 0.2) is 60.7 Å². The molecular formula is C23H24N4O3. The van der Waals surface area contributed by atoms with Gasteiger partial charge < -0.3 is 19.9 Å². The van der Waals surface area contributed by atoms with Crippen molar-refractivity contribution < 1.29 is 14.2 Å². The number of anilines is 1. The predicted molar refractivity (Wildman–Crippen MR) is 111 cm³/mol. The van der Waals surface area contributed by atoms with E-state index in [1.165, 1.54) is 0 Å². The van der Waals surface area contributed by atoms with E-state index in [2.05, 4.69) is 10.2 Å². The molecule has 0 spiro atoms. The van der Waals surface area contributed by atoms with Crippen LogP contribution in [0.4, 0.5) is 5.69 Å². The highest BCUT2D eigenvalue weighted by molar-refractivity contribution is 5.54. The quantitative estimate of drug-likeness (QED) is 0.595. The van der Waals surface area contributed by atoms with Gasteiger partial charge >= 0.3 is 0 Å². The summed E-state index contributed by atoms with van der Waals surface area (Å²) in [6.07, 6.45) is -0.149. The molecule has 1 aliphatic heterocycles. The average molecular weight is 404 g/mol. The summed E-state index contributed by atoms with van der Waals surface area (Å²) >= 11 is 0. The Morgan fingerprint density at radius 2 is 1.73 bits per heavy atom. The topological polar surface area (TPSA) is 106 Å². The summed E-state index contributed by atoms with van der Waals surface area (Å²) in [5.41, 5.74) is 9.38. The maximum Gasteiger partial charge on any atom is 0.185 e. The number of nitriles is 1. The molecule has 0 saturated carbocycles. The highest BCUT2D eigenvalue weighted by Crippen LogP contribution is 2.37. The van der Waals surface area contributed by atoms with Gasteiger partial charge in [-0.15, -0.1) is 0 Å². The Morgan fingerprint density at radius 1 is 1.07 bits per heavy atom. The standard InChI is InChI=1S/C23H24N4O3/c24-12-18-22(25)23(27-26-18)20-11-19(29-14-17-9-5-2-6-10-17)21(30-20)15-28-13-16-7-3-1-4-8-16/h1-10,19-21H,11,13-15,25H2,(H,26,27)/t19-,20+,21+/m0/s1. The first-order valence-electron chi connectivity index (χ1n) is 9.91. The summed E-state index contributed by atoms with van der Waals surface area (Å²) in [4.78, 5) is 0. The molecule has 0 unspecified atom stereocenters. The Bertz CT molecular complexity index is 985. The Kier molecular flexibility index (Phi) is 6.40. The maximum atomic E-state index is 9.12. The van der Waals surface area contributed by atoms with E-state index in [4.69, 9.17) is 25.2 Å². The van der Waals surface area contributed by atoms with Crippen molar-refractivity contribution in [3.63, 3.8) is 0 Å². The molecule has 2 aromatic carbocycles. The van der Waals surface area contributed by atoms with E-state index < -0.39 is 0 Å². The Labute approximate surface area is 175 Å². The third-order valence-electron chi connectivity index (χ3n) is 5.16. The fourth-order valence-electron chi connectivity index (χ4n) is 3.56. The van der Waals surface area contributed by atoms with Crippen LogP contribution in [0.1, 0.15) is 35.0 Å². The second-order valence-corrected chi connectivity index (χ2v) is 7.25. The number of hydrogen-bond donors (Lipinski definition) is 2. The van der Waals surface area contributed by atoms with Gasteiger partial charge in [-0.05, 0) is 11.1 Å². The molecule has 0 amide bonds. The molecule has 3 atom stereocenters. The molecule has 7 heteroatoms. The van der Waals surface area contributed by atoms with E-state index in [0.717, 1.165) is 11.1 Å². The number of H-pyrrole nitrogens is 1. The number of nitrogens with zero attached hydrogens (tertiary/aromatic N) is 2. The van der Waals surface area contributed by atoms with E-state index in [0.29, 0.717) is 37.6 Å². The van der Waals surface area contributed by atoms with Gasteiger partial charge in [-0.3, -0.25) is 5.10 Å². The van der Waals surface area contributed by atoms with Crippen molar-refractivity contribution in [1.29, 1.82) is 5.26 Å². The minimum Gasteiger partial charge on any atom is -0.395 e. The number of aromatic amines is 1. The zero-order valence-corrected chi connectivity index (χ0v) is 16.5. The first-order valence-corrected chi connectivity index (χ1v) is 9.91. The van der Waals surface area contributed by atoms with Crippen molar-refractivity contribution in [2.75, 3.05) is 12.3 Å². The van der Waals surface area contributed by atoms with Crippen LogP contribution in [-0.4, -0.2) is 29.0 Å². The van der Waals surface area contributed by atoms with Gasteiger partial charge in [0.05, 0.1) is 37.3 Å². The number of benzene rings is 2. The normalized spacial score (nSPS) is 20.8. The van der Waals surface area contributed by atoms with Crippen LogP contribution in [-0.2, 0) is 27.4 Å². The van der Waals surface area contributed by atoms with E-state index in [1.54, 1.807) is 0 Å². The molecule has 4 rings (SSSR count). The summed E-state index contributed by atoms with van der Waals surface area (Å²) in [6, 6.07) is 22.0. The molecule has 0 radical (unpaired) electrons. The van der Waals surface area contributed by atoms with Gasteiger partial charge in [0.25, 0.3) is 0 Å². The second kappa shape index (κ2) is 9.55. The fourth-order valence-corrected chi connectivity index (χ4v) is 3.56. The molecule has 3 aromatic rings. The third kappa shape index (κ3) is 4.69. The zero-order valence-electron chi connectivity index (χ0n) is 16.5. The lowest BCUT2D eigenvalue weighted by atomic mass is 10.1. The molecule has 3 N–H and O–H groups in total. The van der Waals surface area contributed by atoms with Crippen molar-refractivity contribution in [2.24, 2.45) is 0 Å². The summed E-state index contributed by atoms with van der Waals surface area (Å²) in [5, 5.41) is 15.9. The number of ether oxygens (including phenoxy) is 3. The lowest BCUT2D eigenvalue weighted by molar-refractivity contribution is -0.0719. The van der Waals surface area contributed by atoms with Crippen LogP contribution in [0.2, 0.25) is 0 Å². The van der Waals surface area contributed by atoms with E-state index in [1.807, 2.05) is 66.7 Å². The SMILES string of the molecule is N#Cc1n[nH]c([C@H]2C[C@H](OCc3ccccc3)[C@@H](COCc3ccccc3)O2)c1N. The molecule has 1 aromatic heterocycles. The van der Waals surface area contributed by atoms with E-state index >= 15 is 0 Å². The molecule has 0 aliphatic carbocycles. The van der Waals surface area contributed by atoms with Crippen LogP contribution in [0.5, 0.6) is 0 Å². The predicted octanol–water partition coefficient (Wildman–Crippen LogP) is 3.50. The number of aromatic nitrogens is 2. The molecule has 30 heavy (non-hydrogen) atoms. The molecule has 2 heterocycles. The smallest absolute Gasteiger partial charge is 0.185 e. The summed E-state index contributed by atoms with van der Waals surface area (Å²) in [7, 11) is 0. The maximum absolute atomic E-state index is 9.12. The van der Waals surface area contributed by atoms with Crippen molar-refractivity contribution in [2.45, 2.75) is 37.9 Å². The summed E-state index contributed by atoms with van der Waals surface area (Å²) in [6.45, 7) is 1.38. The molecule has 0 bridgehead atoms. The first-order chi connectivity index (χ1) is 14.7. The van der Waals surface area contributed by atoms with Crippen LogP contribution < -0.4 is 5.73 Å². The van der Waals surface area contributed by atoms with Gasteiger partial charge in [-0.25, -0.2) is 0 Å². The Balaban J connectivity index is 1.42. The number of nitrogen functional groups attached to an aromatic ring is 1. The van der Waals surface area contributed by atoms with Crippen LogP contribution in [0.3, 0.4) is 0 Å². The zero-order chi connectivity index (χ0) is 20.8. The second-order valence-electron chi connectivity index (χ2n) is 7.25. The van der Waals surface area contributed by atoms with Crippen molar-refractivity contribution in [1.82, 2.24) is 10.2 Å².